The second-order valence-electron chi connectivity index (χ2n) is 4.13. The lowest BCUT2D eigenvalue weighted by molar-refractivity contribution is 0.0985. The van der Waals surface area contributed by atoms with Crippen LogP contribution < -0.4 is 0 Å². The van der Waals surface area contributed by atoms with Gasteiger partial charge >= 0.3 is 0 Å². The fourth-order valence-corrected chi connectivity index (χ4v) is 3.37. The van der Waals surface area contributed by atoms with Crippen molar-refractivity contribution in [2.75, 3.05) is 0 Å². The van der Waals surface area contributed by atoms with Gasteiger partial charge < -0.3 is 0 Å². The van der Waals surface area contributed by atoms with E-state index in [1.54, 1.807) is 11.8 Å². The van der Waals surface area contributed by atoms with Gasteiger partial charge in [0.2, 0.25) is 0 Å². The first-order chi connectivity index (χ1) is 7.15. The molecule has 1 unspecified atom stereocenters. The van der Waals surface area contributed by atoms with Crippen LogP contribution in [0.3, 0.4) is 0 Å². The van der Waals surface area contributed by atoms with Crippen molar-refractivity contribution in [1.29, 1.82) is 0 Å². The monoisotopic (exact) mass is 220 g/mol. The summed E-state index contributed by atoms with van der Waals surface area (Å²) in [4.78, 5) is 12.2. The average Bonchev–Trinajstić information content (AvgIpc) is 2.23. The van der Waals surface area contributed by atoms with Gasteiger partial charge in [-0.15, -0.1) is 11.8 Å². The fraction of sp³-hybridized carbons (Fsp3) is 0.462. The van der Waals surface area contributed by atoms with E-state index in [0.29, 0.717) is 5.78 Å². The molecule has 15 heavy (non-hydrogen) atoms. The molecular weight excluding hydrogens is 204 g/mol. The Bertz CT molecular complexity index is 409. The van der Waals surface area contributed by atoms with E-state index < -0.39 is 0 Å². The molecule has 0 fully saturated rings. The minimum atomic E-state index is 0.179. The Labute approximate surface area is 95.3 Å². The second-order valence-corrected chi connectivity index (χ2v) is 5.32. The predicted molar refractivity (Wildman–Crippen MR) is 65.6 cm³/mol. The van der Waals surface area contributed by atoms with E-state index in [1.165, 1.54) is 11.1 Å². The minimum Gasteiger partial charge on any atom is -0.293 e. The Morgan fingerprint density at radius 3 is 2.67 bits per heavy atom. The van der Waals surface area contributed by atoms with Gasteiger partial charge in [-0.2, -0.15) is 0 Å². The zero-order valence-corrected chi connectivity index (χ0v) is 10.3. The third-order valence-corrected chi connectivity index (χ3v) is 4.50. The number of hydrogen-bond donors (Lipinski definition) is 0. The zero-order chi connectivity index (χ0) is 11.0. The van der Waals surface area contributed by atoms with Crippen LogP contribution in [0.1, 0.15) is 40.4 Å². The quantitative estimate of drug-likeness (QED) is 0.720. The first-order valence-electron chi connectivity index (χ1n) is 5.40. The Balaban J connectivity index is 2.55. The summed E-state index contributed by atoms with van der Waals surface area (Å²) in [5.41, 5.74) is 4.65. The highest BCUT2D eigenvalue weighted by Gasteiger charge is 2.28. The number of benzene rings is 1. The van der Waals surface area contributed by atoms with Crippen LogP contribution in [0.5, 0.6) is 0 Å². The van der Waals surface area contributed by atoms with Crippen LogP contribution in [-0.4, -0.2) is 11.0 Å². The summed E-state index contributed by atoms with van der Waals surface area (Å²) in [6.45, 7) is 6.23. The van der Waals surface area contributed by atoms with E-state index in [0.717, 1.165) is 23.3 Å². The van der Waals surface area contributed by atoms with Gasteiger partial charge in [0.15, 0.2) is 5.78 Å². The number of carbonyl (C=O) groups is 1. The molecule has 2 rings (SSSR count). The Kier molecular flexibility index (Phi) is 2.87. The summed E-state index contributed by atoms with van der Waals surface area (Å²) in [5.74, 6) is 1.33. The summed E-state index contributed by atoms with van der Waals surface area (Å²) in [6, 6.07) is 4.18. The molecular formula is C13H16OS. The lowest BCUT2D eigenvalue weighted by Crippen LogP contribution is -2.24. The molecule has 1 aliphatic heterocycles. The molecule has 80 valence electrons. The summed E-state index contributed by atoms with van der Waals surface area (Å²) >= 11 is 1.79. The van der Waals surface area contributed by atoms with Crippen LogP contribution in [0.25, 0.3) is 0 Å². The van der Waals surface area contributed by atoms with Crippen molar-refractivity contribution in [3.05, 3.63) is 34.4 Å². The molecule has 0 spiro atoms. The van der Waals surface area contributed by atoms with Gasteiger partial charge in [-0.25, -0.2) is 0 Å². The number of rotatable bonds is 1. The van der Waals surface area contributed by atoms with Gasteiger partial charge in [0.1, 0.15) is 0 Å². The second kappa shape index (κ2) is 4.01. The van der Waals surface area contributed by atoms with Crippen molar-refractivity contribution in [2.24, 2.45) is 0 Å². The molecule has 0 aromatic heterocycles. The summed E-state index contributed by atoms with van der Waals surface area (Å²) in [6.07, 6.45) is 0.941. The highest BCUT2D eigenvalue weighted by atomic mass is 32.2. The number of hydrogen-bond acceptors (Lipinski definition) is 2. The molecule has 0 saturated carbocycles. The maximum Gasteiger partial charge on any atom is 0.176 e. The maximum absolute atomic E-state index is 12.2. The molecule has 1 aliphatic rings. The molecule has 1 aromatic carbocycles. The smallest absolute Gasteiger partial charge is 0.176 e. The zero-order valence-electron chi connectivity index (χ0n) is 9.46. The van der Waals surface area contributed by atoms with Crippen LogP contribution in [0, 0.1) is 13.8 Å². The molecule has 0 N–H and O–H groups in total. The third-order valence-electron chi connectivity index (χ3n) is 3.09. The van der Waals surface area contributed by atoms with E-state index in [4.69, 9.17) is 0 Å². The molecule has 1 aromatic rings. The Hall–Kier alpha value is -0.760. The number of carbonyl (C=O) groups excluding carboxylic acids is 1. The number of Topliss-reactive ketones (excluding diaryl/α,β-unsaturated/α-hetero) is 1. The van der Waals surface area contributed by atoms with Crippen molar-refractivity contribution in [1.82, 2.24) is 0 Å². The van der Waals surface area contributed by atoms with Crippen molar-refractivity contribution in [2.45, 2.75) is 38.2 Å². The average molecular weight is 220 g/mol. The van der Waals surface area contributed by atoms with Crippen molar-refractivity contribution >= 4 is 17.5 Å². The van der Waals surface area contributed by atoms with E-state index in [2.05, 4.69) is 26.0 Å². The molecule has 0 amide bonds. The Morgan fingerprint density at radius 2 is 2.00 bits per heavy atom. The lowest BCUT2D eigenvalue weighted by atomic mass is 9.93. The van der Waals surface area contributed by atoms with Crippen LogP contribution in [0.15, 0.2) is 12.1 Å². The predicted octanol–water partition coefficient (Wildman–Crippen LogP) is 3.51. The van der Waals surface area contributed by atoms with Crippen LogP contribution in [-0.2, 0) is 5.75 Å². The first-order valence-corrected chi connectivity index (χ1v) is 6.45. The standard InChI is InChI=1S/C13H16OS/c1-4-11-13(14)12-9(3)6-5-8(2)10(12)7-15-11/h5-6,11H,4,7H2,1-3H3. The minimum absolute atomic E-state index is 0.179. The van der Waals surface area contributed by atoms with E-state index in [1.807, 2.05) is 6.92 Å². The molecule has 1 heterocycles. The maximum atomic E-state index is 12.2. The van der Waals surface area contributed by atoms with E-state index >= 15 is 0 Å². The van der Waals surface area contributed by atoms with Crippen LogP contribution >= 0.6 is 11.8 Å². The highest BCUT2D eigenvalue weighted by Crippen LogP contribution is 2.35. The van der Waals surface area contributed by atoms with Gasteiger partial charge in [-0.05, 0) is 37.0 Å². The Morgan fingerprint density at radius 1 is 1.33 bits per heavy atom. The molecule has 1 nitrogen and oxygen atoms in total. The van der Waals surface area contributed by atoms with Crippen molar-refractivity contribution in [3.63, 3.8) is 0 Å². The van der Waals surface area contributed by atoms with E-state index in [-0.39, 0.29) is 5.25 Å². The summed E-state index contributed by atoms with van der Waals surface area (Å²) < 4.78 is 0. The number of ketones is 1. The topological polar surface area (TPSA) is 17.1 Å². The number of aryl methyl sites for hydroxylation is 2. The normalized spacial score (nSPS) is 20.2. The molecule has 1 atom stereocenters. The van der Waals surface area contributed by atoms with Gasteiger partial charge in [0.25, 0.3) is 0 Å². The van der Waals surface area contributed by atoms with Crippen LogP contribution in [0.2, 0.25) is 0 Å². The fourth-order valence-electron chi connectivity index (χ4n) is 2.12. The molecule has 0 bridgehead atoms. The number of fused-ring (bicyclic) bond motifs is 1. The lowest BCUT2D eigenvalue weighted by Gasteiger charge is -2.24. The largest absolute Gasteiger partial charge is 0.293 e. The molecule has 2 heteroatoms. The molecule has 0 saturated heterocycles. The third kappa shape index (κ3) is 1.71. The van der Waals surface area contributed by atoms with Gasteiger partial charge in [-0.3, -0.25) is 4.79 Å². The van der Waals surface area contributed by atoms with E-state index in [9.17, 15) is 4.79 Å². The van der Waals surface area contributed by atoms with Crippen molar-refractivity contribution in [3.8, 4) is 0 Å². The van der Waals surface area contributed by atoms with Gasteiger partial charge in [0, 0.05) is 11.3 Å². The molecule has 0 aliphatic carbocycles. The van der Waals surface area contributed by atoms with Crippen LogP contribution in [0.4, 0.5) is 0 Å². The van der Waals surface area contributed by atoms with Crippen molar-refractivity contribution < 1.29 is 4.79 Å². The summed E-state index contributed by atoms with van der Waals surface area (Å²) in [7, 11) is 0. The highest BCUT2D eigenvalue weighted by molar-refractivity contribution is 8.00. The first kappa shape index (κ1) is 10.7. The summed E-state index contributed by atoms with van der Waals surface area (Å²) in [5, 5.41) is 0.179. The SMILES string of the molecule is CCC1SCc2c(C)ccc(C)c2C1=O. The van der Waals surface area contributed by atoms with Gasteiger partial charge in [-0.1, -0.05) is 19.1 Å². The number of thioether (sulfide) groups is 1. The van der Waals surface area contributed by atoms with Gasteiger partial charge in [0.05, 0.1) is 5.25 Å². The molecule has 0 radical (unpaired) electrons.